The molecule has 7 atom stereocenters. The highest BCUT2D eigenvalue weighted by molar-refractivity contribution is 5.73. The largest absolute Gasteiger partial charge is 0.480 e. The number of hydrogen-bond acceptors (Lipinski definition) is 4. The van der Waals surface area contributed by atoms with Crippen LogP contribution in [-0.2, 0) is 4.79 Å². The molecular formula is C22H35NO4. The van der Waals surface area contributed by atoms with Gasteiger partial charge in [-0.25, -0.2) is 0 Å². The van der Waals surface area contributed by atoms with Crippen LogP contribution in [0.5, 0.6) is 0 Å². The monoisotopic (exact) mass is 377 g/mol. The van der Waals surface area contributed by atoms with E-state index in [1.165, 1.54) is 32.1 Å². The fraction of sp³-hybridized carbons (Fsp3) is 0.864. The molecule has 5 heteroatoms. The van der Waals surface area contributed by atoms with Gasteiger partial charge < -0.3 is 15.3 Å². The summed E-state index contributed by atoms with van der Waals surface area (Å²) in [5, 5.41) is 30.7. The minimum atomic E-state index is -0.711. The SMILES string of the molecule is O=C(O)C1CCCC2C[C@@H]3[C@@H](C=C[C@H](O)CC4CCCCC4)[C@H](O)C[C@H]3N21. The molecule has 152 valence electrons. The van der Waals surface area contributed by atoms with Gasteiger partial charge in [-0.1, -0.05) is 44.3 Å². The number of aliphatic carboxylic acids is 1. The van der Waals surface area contributed by atoms with Gasteiger partial charge in [-0.2, -0.15) is 0 Å². The molecule has 3 N–H and O–H groups in total. The van der Waals surface area contributed by atoms with Crippen LogP contribution in [0.1, 0.15) is 70.6 Å². The molecule has 0 aromatic heterocycles. The predicted molar refractivity (Wildman–Crippen MR) is 103 cm³/mol. The predicted octanol–water partition coefficient (Wildman–Crippen LogP) is 2.95. The Morgan fingerprint density at radius 1 is 1.07 bits per heavy atom. The van der Waals surface area contributed by atoms with Crippen LogP contribution < -0.4 is 0 Å². The van der Waals surface area contributed by atoms with Crippen molar-refractivity contribution in [3.05, 3.63) is 12.2 Å². The van der Waals surface area contributed by atoms with Crippen LogP contribution >= 0.6 is 0 Å². The Labute approximate surface area is 162 Å². The van der Waals surface area contributed by atoms with Crippen molar-refractivity contribution in [1.82, 2.24) is 4.90 Å². The Hall–Kier alpha value is -0.910. The molecule has 27 heavy (non-hydrogen) atoms. The molecule has 5 nitrogen and oxygen atoms in total. The zero-order valence-electron chi connectivity index (χ0n) is 16.2. The minimum Gasteiger partial charge on any atom is -0.480 e. The second-order valence-corrected chi connectivity index (χ2v) is 9.43. The number of nitrogens with zero attached hydrogens (tertiary/aromatic N) is 1. The molecule has 2 unspecified atom stereocenters. The van der Waals surface area contributed by atoms with Gasteiger partial charge in [0, 0.05) is 18.0 Å². The van der Waals surface area contributed by atoms with E-state index >= 15 is 0 Å². The topological polar surface area (TPSA) is 81.0 Å². The Morgan fingerprint density at radius 2 is 1.85 bits per heavy atom. The third kappa shape index (κ3) is 3.96. The highest BCUT2D eigenvalue weighted by Crippen LogP contribution is 2.49. The van der Waals surface area contributed by atoms with E-state index in [4.69, 9.17) is 0 Å². The van der Waals surface area contributed by atoms with Crippen LogP contribution in [0.3, 0.4) is 0 Å². The summed E-state index contributed by atoms with van der Waals surface area (Å²) in [5.41, 5.74) is 0. The molecule has 2 heterocycles. The summed E-state index contributed by atoms with van der Waals surface area (Å²) in [7, 11) is 0. The number of carbonyl (C=O) groups is 1. The summed E-state index contributed by atoms with van der Waals surface area (Å²) in [5.74, 6) is 0.298. The van der Waals surface area contributed by atoms with Crippen molar-refractivity contribution in [2.75, 3.05) is 0 Å². The van der Waals surface area contributed by atoms with Crippen LogP contribution in [0.4, 0.5) is 0 Å². The first-order valence-electron chi connectivity index (χ1n) is 11.1. The number of rotatable bonds is 5. The average Bonchev–Trinajstić information content (AvgIpc) is 3.15. The van der Waals surface area contributed by atoms with E-state index in [0.717, 1.165) is 32.1 Å². The van der Waals surface area contributed by atoms with Gasteiger partial charge in [0.05, 0.1) is 12.2 Å². The minimum absolute atomic E-state index is 0.0519. The zero-order valence-corrected chi connectivity index (χ0v) is 16.2. The summed E-state index contributed by atoms with van der Waals surface area (Å²) in [6.07, 6.45) is 14.8. The first-order valence-corrected chi connectivity index (χ1v) is 11.1. The lowest BCUT2D eigenvalue weighted by atomic mass is 9.84. The Kier molecular flexibility index (Phi) is 5.91. The van der Waals surface area contributed by atoms with Crippen molar-refractivity contribution in [2.45, 2.75) is 101 Å². The standard InChI is InChI=1S/C22H35NO4/c24-16(11-14-5-2-1-3-6-14)9-10-17-18-12-15-7-4-8-19(22(26)27)23(15)20(18)13-21(17)25/h9-10,14-21,24-25H,1-8,11-13H2,(H,26,27)/t15?,16-,17+,18+,19?,20+,21+/m0/s1. The Morgan fingerprint density at radius 3 is 2.59 bits per heavy atom. The van der Waals surface area contributed by atoms with Crippen molar-refractivity contribution in [3.63, 3.8) is 0 Å². The molecule has 4 rings (SSSR count). The van der Waals surface area contributed by atoms with Crippen molar-refractivity contribution in [3.8, 4) is 0 Å². The van der Waals surface area contributed by atoms with Gasteiger partial charge >= 0.3 is 5.97 Å². The fourth-order valence-electron chi connectivity index (χ4n) is 6.55. The molecule has 0 spiro atoms. The molecule has 0 amide bonds. The lowest BCUT2D eigenvalue weighted by Gasteiger charge is -2.38. The van der Waals surface area contributed by atoms with Crippen molar-refractivity contribution in [2.24, 2.45) is 17.8 Å². The maximum absolute atomic E-state index is 11.7. The first-order chi connectivity index (χ1) is 13.0. The Balaban J connectivity index is 1.40. The number of hydrogen-bond donors (Lipinski definition) is 3. The Bertz CT molecular complexity index is 559. The highest BCUT2D eigenvalue weighted by Gasteiger charge is 2.54. The van der Waals surface area contributed by atoms with Gasteiger partial charge in [-0.3, -0.25) is 9.69 Å². The van der Waals surface area contributed by atoms with Crippen LogP contribution in [0.2, 0.25) is 0 Å². The zero-order chi connectivity index (χ0) is 19.0. The number of carboxylic acid groups (broad SMARTS) is 1. The van der Waals surface area contributed by atoms with Crippen LogP contribution in [0.15, 0.2) is 12.2 Å². The first kappa shape index (κ1) is 19.4. The lowest BCUT2D eigenvalue weighted by Crippen LogP contribution is -2.51. The van der Waals surface area contributed by atoms with Gasteiger partial charge in [-0.15, -0.1) is 0 Å². The normalized spacial score (nSPS) is 41.6. The van der Waals surface area contributed by atoms with Crippen molar-refractivity contribution >= 4 is 5.97 Å². The smallest absolute Gasteiger partial charge is 0.320 e. The van der Waals surface area contributed by atoms with E-state index in [-0.39, 0.29) is 18.0 Å². The summed E-state index contributed by atoms with van der Waals surface area (Å²) >= 11 is 0. The lowest BCUT2D eigenvalue weighted by molar-refractivity contribution is -0.146. The van der Waals surface area contributed by atoms with Gasteiger partial charge in [0.2, 0.25) is 0 Å². The van der Waals surface area contributed by atoms with E-state index in [0.29, 0.717) is 24.3 Å². The van der Waals surface area contributed by atoms with E-state index in [1.807, 2.05) is 6.08 Å². The molecule has 2 aliphatic carbocycles. The summed E-state index contributed by atoms with van der Waals surface area (Å²) < 4.78 is 0. The number of aliphatic hydroxyl groups excluding tert-OH is 2. The molecule has 2 saturated heterocycles. The molecule has 0 aromatic rings. The third-order valence-electron chi connectivity index (χ3n) is 7.78. The summed E-state index contributed by atoms with van der Waals surface area (Å²) in [6.45, 7) is 0. The van der Waals surface area contributed by atoms with Crippen molar-refractivity contribution in [1.29, 1.82) is 0 Å². The van der Waals surface area contributed by atoms with E-state index < -0.39 is 18.2 Å². The van der Waals surface area contributed by atoms with E-state index in [1.54, 1.807) is 0 Å². The molecular weight excluding hydrogens is 342 g/mol. The fourth-order valence-corrected chi connectivity index (χ4v) is 6.55. The van der Waals surface area contributed by atoms with E-state index in [9.17, 15) is 20.1 Å². The number of fused-ring (bicyclic) bond motifs is 3. The molecule has 4 fully saturated rings. The maximum Gasteiger partial charge on any atom is 0.320 e. The van der Waals surface area contributed by atoms with E-state index in [2.05, 4.69) is 11.0 Å². The summed E-state index contributed by atoms with van der Waals surface area (Å²) in [6, 6.07) is 0.146. The van der Waals surface area contributed by atoms with Gasteiger partial charge in [-0.05, 0) is 50.4 Å². The quantitative estimate of drug-likeness (QED) is 0.642. The van der Waals surface area contributed by atoms with Gasteiger partial charge in [0.1, 0.15) is 6.04 Å². The number of piperidine rings is 1. The van der Waals surface area contributed by atoms with Crippen LogP contribution in [0.25, 0.3) is 0 Å². The molecule has 2 aliphatic heterocycles. The van der Waals surface area contributed by atoms with Crippen LogP contribution in [0, 0.1) is 17.8 Å². The molecule has 0 radical (unpaired) electrons. The number of aliphatic hydroxyl groups is 2. The van der Waals surface area contributed by atoms with Crippen LogP contribution in [-0.4, -0.2) is 56.5 Å². The molecule has 0 bridgehead atoms. The number of carboxylic acids is 1. The third-order valence-corrected chi connectivity index (χ3v) is 7.78. The maximum atomic E-state index is 11.7. The van der Waals surface area contributed by atoms with Crippen molar-refractivity contribution < 1.29 is 20.1 Å². The molecule has 4 aliphatic rings. The second-order valence-electron chi connectivity index (χ2n) is 9.43. The summed E-state index contributed by atoms with van der Waals surface area (Å²) in [4.78, 5) is 13.9. The highest BCUT2D eigenvalue weighted by atomic mass is 16.4. The molecule has 0 aromatic carbocycles. The second kappa shape index (κ2) is 8.22. The van der Waals surface area contributed by atoms with Gasteiger partial charge in [0.25, 0.3) is 0 Å². The van der Waals surface area contributed by atoms with Gasteiger partial charge in [0.15, 0.2) is 0 Å². The molecule has 2 saturated carbocycles. The average molecular weight is 378 g/mol.